The molecule has 0 aromatic carbocycles. The van der Waals surface area contributed by atoms with Gasteiger partial charge in [-0.1, -0.05) is 6.08 Å². The summed E-state index contributed by atoms with van der Waals surface area (Å²) in [4.78, 5) is 25.1. The van der Waals surface area contributed by atoms with Crippen molar-refractivity contribution in [2.75, 3.05) is 13.7 Å². The number of carbonyl (C=O) groups excluding carboxylic acids is 2. The van der Waals surface area contributed by atoms with Crippen LogP contribution in [0.15, 0.2) is 12.2 Å². The zero-order chi connectivity index (χ0) is 17.5. The summed E-state index contributed by atoms with van der Waals surface area (Å²) < 4.78 is 10.3. The minimum absolute atomic E-state index is 0.245. The molecular weight excluding hydrogens is 294 g/mol. The molecule has 1 fully saturated rings. The normalized spacial score (nSPS) is 22.0. The summed E-state index contributed by atoms with van der Waals surface area (Å²) in [6, 6.07) is 0.245. The molecule has 0 aromatic heterocycles. The van der Waals surface area contributed by atoms with E-state index in [-0.39, 0.29) is 18.1 Å². The molecule has 0 radical (unpaired) electrons. The predicted molar refractivity (Wildman–Crippen MR) is 90.1 cm³/mol. The summed E-state index contributed by atoms with van der Waals surface area (Å²) >= 11 is 0. The number of esters is 1. The van der Waals surface area contributed by atoms with Crippen LogP contribution in [0.4, 0.5) is 4.79 Å². The van der Waals surface area contributed by atoms with Gasteiger partial charge < -0.3 is 14.4 Å². The third-order valence-electron chi connectivity index (χ3n) is 4.06. The first kappa shape index (κ1) is 19.5. The first-order valence-electron chi connectivity index (χ1n) is 8.52. The van der Waals surface area contributed by atoms with Crippen molar-refractivity contribution in [1.82, 2.24) is 4.90 Å². The van der Waals surface area contributed by atoms with Crippen molar-refractivity contribution < 1.29 is 19.1 Å². The van der Waals surface area contributed by atoms with Crippen LogP contribution in [0.1, 0.15) is 59.8 Å². The Balaban J connectivity index is 2.34. The maximum atomic E-state index is 12.1. The molecule has 1 saturated carbocycles. The Bertz CT molecular complexity index is 417. The third kappa shape index (κ3) is 7.53. The lowest BCUT2D eigenvalue weighted by atomic mass is 9.83. The molecule has 23 heavy (non-hydrogen) atoms. The molecular formula is C18H31NO4. The number of nitrogens with zero attached hydrogens (tertiary/aromatic N) is 1. The number of hydrogen-bond donors (Lipinski definition) is 0. The van der Waals surface area contributed by atoms with E-state index in [2.05, 4.69) is 0 Å². The predicted octanol–water partition coefficient (Wildman–Crippen LogP) is 3.92. The molecule has 1 aliphatic carbocycles. The van der Waals surface area contributed by atoms with Gasteiger partial charge in [0.05, 0.1) is 6.61 Å². The lowest BCUT2D eigenvalue weighted by Crippen LogP contribution is -2.42. The van der Waals surface area contributed by atoms with Gasteiger partial charge in [-0.25, -0.2) is 9.59 Å². The fraction of sp³-hybridized carbons (Fsp3) is 0.778. The number of ether oxygens (including phenoxy) is 2. The fourth-order valence-corrected chi connectivity index (χ4v) is 2.80. The molecule has 0 atom stereocenters. The van der Waals surface area contributed by atoms with E-state index in [9.17, 15) is 9.59 Å². The zero-order valence-electron chi connectivity index (χ0n) is 15.1. The molecule has 5 nitrogen and oxygen atoms in total. The molecule has 0 unspecified atom stereocenters. The second kappa shape index (κ2) is 8.94. The van der Waals surface area contributed by atoms with Crippen molar-refractivity contribution in [2.24, 2.45) is 5.92 Å². The molecule has 132 valence electrons. The van der Waals surface area contributed by atoms with Crippen LogP contribution < -0.4 is 0 Å². The van der Waals surface area contributed by atoms with Crippen LogP contribution in [0.3, 0.4) is 0 Å². The molecule has 0 spiro atoms. The highest BCUT2D eigenvalue weighted by molar-refractivity contribution is 5.81. The van der Waals surface area contributed by atoms with Gasteiger partial charge in [0.2, 0.25) is 0 Å². The zero-order valence-corrected chi connectivity index (χ0v) is 15.1. The van der Waals surface area contributed by atoms with Crippen LogP contribution in [0.25, 0.3) is 0 Å². The largest absolute Gasteiger partial charge is 0.463 e. The molecule has 0 heterocycles. The summed E-state index contributed by atoms with van der Waals surface area (Å²) in [5.41, 5.74) is -0.458. The van der Waals surface area contributed by atoms with Crippen molar-refractivity contribution in [1.29, 1.82) is 0 Å². The Labute approximate surface area is 140 Å². The van der Waals surface area contributed by atoms with Gasteiger partial charge in [-0.2, -0.15) is 0 Å². The van der Waals surface area contributed by atoms with Crippen LogP contribution in [-0.2, 0) is 14.3 Å². The summed E-state index contributed by atoms with van der Waals surface area (Å²) in [6.07, 6.45) is 8.14. The highest BCUT2D eigenvalue weighted by atomic mass is 16.6. The number of allylic oxidation sites excluding steroid dienone is 1. The standard InChI is InChI=1S/C18H31NO4/c1-6-22-16(20)9-7-8-14-10-12-15(13-11-14)19(5)17(21)23-18(2,3)4/h7,9,14-15H,6,8,10-13H2,1-5H3. The van der Waals surface area contributed by atoms with E-state index in [1.165, 1.54) is 6.08 Å². The van der Waals surface area contributed by atoms with Gasteiger partial charge in [0.1, 0.15) is 5.60 Å². The Morgan fingerprint density at radius 2 is 1.78 bits per heavy atom. The molecule has 0 aliphatic heterocycles. The van der Waals surface area contributed by atoms with Crippen LogP contribution in [0.5, 0.6) is 0 Å². The average Bonchev–Trinajstić information content (AvgIpc) is 2.46. The SMILES string of the molecule is CCOC(=O)C=CCC1CCC(N(C)C(=O)OC(C)(C)C)CC1. The number of amides is 1. The molecule has 0 N–H and O–H groups in total. The molecule has 0 bridgehead atoms. The van der Waals surface area contributed by atoms with E-state index in [0.717, 1.165) is 32.1 Å². The van der Waals surface area contributed by atoms with Gasteiger partial charge in [-0.3, -0.25) is 0 Å². The van der Waals surface area contributed by atoms with Crippen LogP contribution in [-0.4, -0.2) is 42.3 Å². The molecule has 5 heteroatoms. The minimum atomic E-state index is -0.458. The van der Waals surface area contributed by atoms with Crippen molar-refractivity contribution in [3.63, 3.8) is 0 Å². The maximum Gasteiger partial charge on any atom is 0.410 e. The first-order valence-corrected chi connectivity index (χ1v) is 8.52. The van der Waals surface area contributed by atoms with Crippen LogP contribution in [0, 0.1) is 5.92 Å². The minimum Gasteiger partial charge on any atom is -0.463 e. The third-order valence-corrected chi connectivity index (χ3v) is 4.06. The van der Waals surface area contributed by atoms with Crippen molar-refractivity contribution in [3.8, 4) is 0 Å². The Morgan fingerprint density at radius 3 is 2.30 bits per heavy atom. The van der Waals surface area contributed by atoms with E-state index in [1.54, 1.807) is 11.8 Å². The topological polar surface area (TPSA) is 55.8 Å². The number of rotatable bonds is 5. The molecule has 0 aromatic rings. The van der Waals surface area contributed by atoms with Crippen LogP contribution in [0.2, 0.25) is 0 Å². The molecule has 0 saturated heterocycles. The molecule has 1 aliphatic rings. The van der Waals surface area contributed by atoms with Crippen molar-refractivity contribution >= 4 is 12.1 Å². The first-order chi connectivity index (χ1) is 10.7. The summed E-state index contributed by atoms with van der Waals surface area (Å²) in [6.45, 7) is 7.85. The van der Waals surface area contributed by atoms with Gasteiger partial charge in [0.15, 0.2) is 0 Å². The second-order valence-corrected chi connectivity index (χ2v) is 7.16. The van der Waals surface area contributed by atoms with E-state index in [1.807, 2.05) is 33.9 Å². The highest BCUT2D eigenvalue weighted by Gasteiger charge is 2.28. The fourth-order valence-electron chi connectivity index (χ4n) is 2.80. The van der Waals surface area contributed by atoms with E-state index in [4.69, 9.17) is 9.47 Å². The summed E-state index contributed by atoms with van der Waals surface area (Å²) in [7, 11) is 1.82. The van der Waals surface area contributed by atoms with Crippen LogP contribution >= 0.6 is 0 Å². The van der Waals surface area contributed by atoms with Gasteiger partial charge in [-0.05, 0) is 65.7 Å². The number of carbonyl (C=O) groups is 2. The molecule has 1 rings (SSSR count). The smallest absolute Gasteiger partial charge is 0.410 e. The summed E-state index contributed by atoms with van der Waals surface area (Å²) in [5, 5.41) is 0. The average molecular weight is 325 g/mol. The van der Waals surface area contributed by atoms with Gasteiger partial charge in [0, 0.05) is 19.2 Å². The summed E-state index contributed by atoms with van der Waals surface area (Å²) in [5.74, 6) is 0.301. The maximum absolute atomic E-state index is 12.1. The highest BCUT2D eigenvalue weighted by Crippen LogP contribution is 2.30. The van der Waals surface area contributed by atoms with E-state index in [0.29, 0.717) is 12.5 Å². The van der Waals surface area contributed by atoms with Gasteiger partial charge >= 0.3 is 12.1 Å². The monoisotopic (exact) mass is 325 g/mol. The second-order valence-electron chi connectivity index (χ2n) is 7.16. The Kier molecular flexibility index (Phi) is 7.59. The number of hydrogen-bond acceptors (Lipinski definition) is 4. The van der Waals surface area contributed by atoms with Crippen molar-refractivity contribution in [3.05, 3.63) is 12.2 Å². The van der Waals surface area contributed by atoms with Gasteiger partial charge in [0.25, 0.3) is 0 Å². The quantitative estimate of drug-likeness (QED) is 0.568. The lowest BCUT2D eigenvalue weighted by molar-refractivity contribution is -0.137. The Morgan fingerprint density at radius 1 is 1.17 bits per heavy atom. The van der Waals surface area contributed by atoms with Gasteiger partial charge in [-0.15, -0.1) is 0 Å². The molecule has 1 amide bonds. The van der Waals surface area contributed by atoms with E-state index < -0.39 is 5.60 Å². The van der Waals surface area contributed by atoms with Crippen molar-refractivity contribution in [2.45, 2.75) is 71.4 Å². The Hall–Kier alpha value is -1.52. The van der Waals surface area contributed by atoms with E-state index >= 15 is 0 Å². The lowest BCUT2D eigenvalue weighted by Gasteiger charge is -2.35.